The van der Waals surface area contributed by atoms with Crippen molar-refractivity contribution in [2.24, 2.45) is 0 Å². The van der Waals surface area contributed by atoms with Crippen molar-refractivity contribution >= 4 is 5.97 Å². The van der Waals surface area contributed by atoms with Crippen LogP contribution < -0.4 is 0 Å². The van der Waals surface area contributed by atoms with Gasteiger partial charge in [-0.05, 0) is 0 Å². The lowest BCUT2D eigenvalue weighted by Gasteiger charge is -2.12. The number of aromatic nitrogens is 2. The fourth-order valence-corrected chi connectivity index (χ4v) is 0.900. The van der Waals surface area contributed by atoms with E-state index in [1.165, 1.54) is 12.5 Å². The lowest BCUT2D eigenvalue weighted by Crippen LogP contribution is -2.25. The summed E-state index contributed by atoms with van der Waals surface area (Å²) < 4.78 is 0. The molecule has 0 aliphatic heterocycles. The number of aliphatic carboxylic acids is 1. The number of aromatic amines is 1. The number of aliphatic hydroxyl groups is 1. The molecule has 1 heterocycles. The van der Waals surface area contributed by atoms with Gasteiger partial charge in [0.1, 0.15) is 0 Å². The zero-order valence-corrected chi connectivity index (χ0v) is 6.56. The van der Waals surface area contributed by atoms with E-state index in [1.807, 2.05) is 0 Å². The predicted octanol–water partition coefficient (Wildman–Crippen LogP) is -0.0413. The molecule has 5 heteroatoms. The van der Waals surface area contributed by atoms with E-state index in [4.69, 9.17) is 10.2 Å². The zero-order chi connectivity index (χ0) is 9.14. The molecule has 3 N–H and O–H groups in total. The Bertz CT molecular complexity index is 258. The molecule has 5 nitrogen and oxygen atoms in total. The van der Waals surface area contributed by atoms with Crippen molar-refractivity contribution < 1.29 is 15.0 Å². The van der Waals surface area contributed by atoms with Crippen LogP contribution in [0.25, 0.3) is 0 Å². The number of hydrogen-bond acceptors (Lipinski definition) is 3. The number of hydrogen-bond donors (Lipinski definition) is 3. The van der Waals surface area contributed by atoms with Crippen molar-refractivity contribution in [3.8, 4) is 0 Å². The van der Waals surface area contributed by atoms with E-state index in [2.05, 4.69) is 9.97 Å². The van der Waals surface area contributed by atoms with E-state index in [-0.39, 0.29) is 0 Å². The number of carboxylic acid groups (broad SMARTS) is 1. The standard InChI is InChI=1S/C7H10N2O3/c1-4(6(10)7(11)12)5-2-8-3-9-5/h2-4,6,10H,1H3,(H,8,9)(H,11,12). The van der Waals surface area contributed by atoms with Gasteiger partial charge in [0.15, 0.2) is 6.10 Å². The summed E-state index contributed by atoms with van der Waals surface area (Å²) in [5.41, 5.74) is 0.616. The summed E-state index contributed by atoms with van der Waals surface area (Å²) >= 11 is 0. The first-order valence-electron chi connectivity index (χ1n) is 3.52. The number of carbonyl (C=O) groups is 1. The quantitative estimate of drug-likeness (QED) is 0.594. The van der Waals surface area contributed by atoms with Gasteiger partial charge in [-0.1, -0.05) is 6.92 Å². The molecule has 0 spiro atoms. The second kappa shape index (κ2) is 3.36. The van der Waals surface area contributed by atoms with Gasteiger partial charge in [-0.3, -0.25) is 0 Å². The second-order valence-corrected chi connectivity index (χ2v) is 2.58. The van der Waals surface area contributed by atoms with Crippen molar-refractivity contribution in [3.63, 3.8) is 0 Å². The maximum absolute atomic E-state index is 10.4. The number of nitrogens with one attached hydrogen (secondary N) is 1. The minimum atomic E-state index is -1.38. The molecule has 66 valence electrons. The second-order valence-electron chi connectivity index (χ2n) is 2.58. The maximum Gasteiger partial charge on any atom is 0.333 e. The minimum Gasteiger partial charge on any atom is -0.479 e. The van der Waals surface area contributed by atoms with Crippen LogP contribution in [0.1, 0.15) is 18.5 Å². The molecule has 2 unspecified atom stereocenters. The van der Waals surface area contributed by atoms with Crippen LogP contribution in [0.4, 0.5) is 0 Å². The molecule has 0 aliphatic rings. The fourth-order valence-electron chi connectivity index (χ4n) is 0.900. The highest BCUT2D eigenvalue weighted by atomic mass is 16.4. The van der Waals surface area contributed by atoms with Crippen LogP contribution in [0, 0.1) is 0 Å². The minimum absolute atomic E-state index is 0.468. The summed E-state index contributed by atoms with van der Waals surface area (Å²) in [6, 6.07) is 0. The molecule has 12 heavy (non-hydrogen) atoms. The lowest BCUT2D eigenvalue weighted by molar-refractivity contribution is -0.147. The van der Waals surface area contributed by atoms with Crippen LogP contribution in [0.3, 0.4) is 0 Å². The molecule has 0 aromatic carbocycles. The summed E-state index contributed by atoms with van der Waals surface area (Å²) in [5.74, 6) is -1.69. The van der Waals surface area contributed by atoms with Crippen molar-refractivity contribution in [2.75, 3.05) is 0 Å². The van der Waals surface area contributed by atoms with Gasteiger partial charge < -0.3 is 15.2 Å². The van der Waals surface area contributed by atoms with Gasteiger partial charge in [-0.2, -0.15) is 0 Å². The van der Waals surface area contributed by atoms with Gasteiger partial charge in [-0.15, -0.1) is 0 Å². The number of H-pyrrole nitrogens is 1. The average molecular weight is 170 g/mol. The van der Waals surface area contributed by atoms with Gasteiger partial charge in [0.25, 0.3) is 0 Å². The summed E-state index contributed by atoms with van der Waals surface area (Å²) in [5, 5.41) is 17.6. The highest BCUT2D eigenvalue weighted by Gasteiger charge is 2.23. The first-order chi connectivity index (χ1) is 5.63. The topological polar surface area (TPSA) is 86.2 Å². The molecule has 0 bridgehead atoms. The largest absolute Gasteiger partial charge is 0.479 e. The fraction of sp³-hybridized carbons (Fsp3) is 0.429. The van der Waals surface area contributed by atoms with E-state index in [9.17, 15) is 4.79 Å². The Balaban J connectivity index is 2.71. The molecule has 0 fully saturated rings. The first kappa shape index (κ1) is 8.73. The molecular weight excluding hydrogens is 160 g/mol. The maximum atomic E-state index is 10.4. The van der Waals surface area contributed by atoms with Gasteiger partial charge in [-0.25, -0.2) is 9.78 Å². The third kappa shape index (κ3) is 1.62. The number of carboxylic acids is 1. The van der Waals surface area contributed by atoms with Crippen molar-refractivity contribution in [3.05, 3.63) is 18.2 Å². The Hall–Kier alpha value is -1.36. The monoisotopic (exact) mass is 170 g/mol. The third-order valence-electron chi connectivity index (χ3n) is 1.74. The number of nitrogens with zero attached hydrogens (tertiary/aromatic N) is 1. The molecular formula is C7H10N2O3. The van der Waals surface area contributed by atoms with Crippen molar-refractivity contribution in [2.45, 2.75) is 18.9 Å². The summed E-state index contributed by atoms with van der Waals surface area (Å²) in [4.78, 5) is 16.8. The van der Waals surface area contributed by atoms with Crippen LogP contribution in [-0.2, 0) is 4.79 Å². The molecule has 1 aromatic heterocycles. The predicted molar refractivity (Wildman–Crippen MR) is 40.6 cm³/mol. The van der Waals surface area contributed by atoms with Crippen LogP contribution in [-0.4, -0.2) is 32.3 Å². The number of rotatable bonds is 3. The first-order valence-corrected chi connectivity index (χ1v) is 3.52. The third-order valence-corrected chi connectivity index (χ3v) is 1.74. The number of aliphatic hydroxyl groups excluding tert-OH is 1. The van der Waals surface area contributed by atoms with Crippen LogP contribution >= 0.6 is 0 Å². The highest BCUT2D eigenvalue weighted by Crippen LogP contribution is 2.15. The molecule has 2 atom stereocenters. The summed E-state index contributed by atoms with van der Waals surface area (Å²) in [6.45, 7) is 1.62. The van der Waals surface area contributed by atoms with Crippen LogP contribution in [0.2, 0.25) is 0 Å². The zero-order valence-electron chi connectivity index (χ0n) is 6.56. The van der Waals surface area contributed by atoms with Gasteiger partial charge in [0, 0.05) is 17.8 Å². The van der Waals surface area contributed by atoms with E-state index < -0.39 is 18.0 Å². The van der Waals surface area contributed by atoms with Gasteiger partial charge >= 0.3 is 5.97 Å². The molecule has 1 rings (SSSR count). The molecule has 0 saturated carbocycles. The van der Waals surface area contributed by atoms with Gasteiger partial charge in [0.2, 0.25) is 0 Å². The molecule has 0 aliphatic carbocycles. The van der Waals surface area contributed by atoms with E-state index >= 15 is 0 Å². The normalized spacial score (nSPS) is 15.5. The number of imidazole rings is 1. The Labute approximate surface area is 69.1 Å². The van der Waals surface area contributed by atoms with E-state index in [0.29, 0.717) is 5.69 Å². The Morgan fingerprint density at radius 1 is 1.75 bits per heavy atom. The molecule has 0 amide bonds. The SMILES string of the molecule is CC(c1cnc[nH]1)C(O)C(=O)O. The summed E-state index contributed by atoms with van der Waals surface area (Å²) in [6.07, 6.45) is 1.56. The van der Waals surface area contributed by atoms with Crippen LogP contribution in [0.15, 0.2) is 12.5 Å². The lowest BCUT2D eigenvalue weighted by atomic mass is 10.0. The van der Waals surface area contributed by atoms with Crippen LogP contribution in [0.5, 0.6) is 0 Å². The van der Waals surface area contributed by atoms with Gasteiger partial charge in [0.05, 0.1) is 6.33 Å². The smallest absolute Gasteiger partial charge is 0.333 e. The average Bonchev–Trinajstić information content (AvgIpc) is 2.53. The van der Waals surface area contributed by atoms with E-state index in [1.54, 1.807) is 6.92 Å². The highest BCUT2D eigenvalue weighted by molar-refractivity contribution is 5.73. The molecule has 0 saturated heterocycles. The van der Waals surface area contributed by atoms with E-state index in [0.717, 1.165) is 0 Å². The molecule has 1 aromatic rings. The van der Waals surface area contributed by atoms with Crippen molar-refractivity contribution in [1.82, 2.24) is 9.97 Å². The summed E-state index contributed by atoms with van der Waals surface area (Å²) in [7, 11) is 0. The Morgan fingerprint density at radius 2 is 2.42 bits per heavy atom. The van der Waals surface area contributed by atoms with Crippen molar-refractivity contribution in [1.29, 1.82) is 0 Å². The Morgan fingerprint density at radius 3 is 2.83 bits per heavy atom. The Kier molecular flexibility index (Phi) is 2.44. The molecule has 0 radical (unpaired) electrons.